The van der Waals surface area contributed by atoms with Crippen LogP contribution in [-0.4, -0.2) is 34.5 Å². The molecule has 2 atom stereocenters. The molecule has 4 aromatic rings. The maximum Gasteiger partial charge on any atom is 0.301 e. The van der Waals surface area contributed by atoms with Gasteiger partial charge in [0.2, 0.25) is 0 Å². The number of fused-ring (bicyclic) bond motifs is 2. The number of ether oxygens (including phenoxy) is 2. The van der Waals surface area contributed by atoms with E-state index in [0.717, 1.165) is 28.9 Å². The van der Waals surface area contributed by atoms with Crippen LogP contribution < -0.4 is 14.4 Å². The second-order valence-electron chi connectivity index (χ2n) is 10.0. The highest BCUT2D eigenvalue weighted by Crippen LogP contribution is 2.45. The van der Waals surface area contributed by atoms with Gasteiger partial charge < -0.3 is 14.6 Å². The number of aliphatic hydroxyl groups excluding tert-OH is 1. The van der Waals surface area contributed by atoms with Crippen molar-refractivity contribution in [2.75, 3.05) is 11.5 Å². The third kappa shape index (κ3) is 4.71. The molecular formula is C31H27ClN2O5S. The van der Waals surface area contributed by atoms with Crippen molar-refractivity contribution >= 4 is 55.7 Å². The zero-order valence-electron chi connectivity index (χ0n) is 22.0. The number of carbonyl (C=O) groups is 2. The molecule has 1 aromatic heterocycles. The number of hydrogen-bond donors (Lipinski definition) is 1. The van der Waals surface area contributed by atoms with Crippen LogP contribution in [0, 0.1) is 0 Å². The molecule has 0 saturated carbocycles. The van der Waals surface area contributed by atoms with Gasteiger partial charge in [-0.1, -0.05) is 48.4 Å². The summed E-state index contributed by atoms with van der Waals surface area (Å²) in [5, 5.41) is 12.5. The van der Waals surface area contributed by atoms with Crippen LogP contribution in [-0.2, 0) is 16.0 Å². The number of aromatic nitrogens is 1. The van der Waals surface area contributed by atoms with E-state index >= 15 is 0 Å². The first-order chi connectivity index (χ1) is 19.3. The highest BCUT2D eigenvalue weighted by atomic mass is 35.5. The molecule has 1 N–H and O–H groups in total. The predicted octanol–water partition coefficient (Wildman–Crippen LogP) is 7.08. The van der Waals surface area contributed by atoms with Crippen molar-refractivity contribution in [1.82, 2.24) is 4.98 Å². The van der Waals surface area contributed by atoms with Gasteiger partial charge in [-0.3, -0.25) is 14.5 Å². The van der Waals surface area contributed by atoms with Crippen LogP contribution in [0.25, 0.3) is 16.0 Å². The number of carbonyl (C=O) groups excluding carboxylic acids is 2. The summed E-state index contributed by atoms with van der Waals surface area (Å²) in [4.78, 5) is 33.2. The minimum Gasteiger partial charge on any atom is -0.507 e. The average molecular weight is 575 g/mol. The molecule has 2 aliphatic rings. The predicted molar refractivity (Wildman–Crippen MR) is 156 cm³/mol. The number of unbranched alkanes of at least 4 members (excludes halogenated alkanes) is 1. The fourth-order valence-electron chi connectivity index (χ4n) is 5.14. The first-order valence-electron chi connectivity index (χ1n) is 13.2. The first kappa shape index (κ1) is 26.3. The Hall–Kier alpha value is -3.88. The van der Waals surface area contributed by atoms with Crippen molar-refractivity contribution in [2.45, 2.75) is 45.3 Å². The van der Waals surface area contributed by atoms with Crippen molar-refractivity contribution in [3.63, 3.8) is 0 Å². The number of anilines is 1. The molecule has 1 saturated heterocycles. The van der Waals surface area contributed by atoms with E-state index in [9.17, 15) is 14.7 Å². The van der Waals surface area contributed by atoms with Crippen LogP contribution in [0.15, 0.2) is 66.2 Å². The Balaban J connectivity index is 1.47. The smallest absolute Gasteiger partial charge is 0.301 e. The molecule has 3 heterocycles. The van der Waals surface area contributed by atoms with Crippen LogP contribution >= 0.6 is 22.9 Å². The quantitative estimate of drug-likeness (QED) is 0.110. The Morgan fingerprint density at radius 2 is 1.95 bits per heavy atom. The van der Waals surface area contributed by atoms with E-state index < -0.39 is 17.7 Å². The van der Waals surface area contributed by atoms with Crippen molar-refractivity contribution in [3.05, 3.63) is 87.9 Å². The van der Waals surface area contributed by atoms with E-state index in [1.807, 2.05) is 37.3 Å². The van der Waals surface area contributed by atoms with E-state index in [1.165, 1.54) is 16.2 Å². The van der Waals surface area contributed by atoms with Crippen molar-refractivity contribution in [2.24, 2.45) is 0 Å². The van der Waals surface area contributed by atoms with Gasteiger partial charge in [-0.15, -0.1) is 0 Å². The lowest BCUT2D eigenvalue weighted by Crippen LogP contribution is -2.29. The summed E-state index contributed by atoms with van der Waals surface area (Å²) in [7, 11) is 0. The number of ketones is 1. The van der Waals surface area contributed by atoms with Gasteiger partial charge in [-0.05, 0) is 73.0 Å². The second kappa shape index (κ2) is 10.6. The summed E-state index contributed by atoms with van der Waals surface area (Å²) in [6.45, 7) is 4.68. The molecule has 3 aromatic carbocycles. The Labute approximate surface area is 240 Å². The number of Topliss-reactive ketones (excluding diaryl/α,β-unsaturated/α-hetero) is 1. The molecule has 0 aliphatic carbocycles. The number of aliphatic hydroxyl groups is 1. The molecule has 0 radical (unpaired) electrons. The number of amides is 1. The molecule has 1 amide bonds. The third-order valence-electron chi connectivity index (χ3n) is 7.12. The highest BCUT2D eigenvalue weighted by Gasteiger charge is 2.48. The van der Waals surface area contributed by atoms with Gasteiger partial charge >= 0.3 is 5.91 Å². The van der Waals surface area contributed by atoms with Gasteiger partial charge in [0.25, 0.3) is 5.78 Å². The zero-order valence-corrected chi connectivity index (χ0v) is 23.6. The van der Waals surface area contributed by atoms with Crippen LogP contribution in [0.3, 0.4) is 0 Å². The van der Waals surface area contributed by atoms with E-state index in [-0.39, 0.29) is 17.4 Å². The molecule has 0 spiro atoms. The number of rotatable bonds is 7. The SMILES string of the molecule is CCCCOc1ccc([C@@H]2C(=C(O)c3ccc4c(c3)C[C@H](C)O4)C(=O)C(=O)N2c2nc3ccc(Cl)cc3s2)cc1. The van der Waals surface area contributed by atoms with Gasteiger partial charge in [0.05, 0.1) is 28.4 Å². The summed E-state index contributed by atoms with van der Waals surface area (Å²) < 4.78 is 12.4. The summed E-state index contributed by atoms with van der Waals surface area (Å²) in [5.41, 5.74) is 2.72. The Morgan fingerprint density at radius 1 is 1.15 bits per heavy atom. The highest BCUT2D eigenvalue weighted by molar-refractivity contribution is 7.22. The van der Waals surface area contributed by atoms with Crippen molar-refractivity contribution in [1.29, 1.82) is 0 Å². The molecule has 0 bridgehead atoms. The molecule has 2 aliphatic heterocycles. The first-order valence-corrected chi connectivity index (χ1v) is 14.4. The number of thiazole rings is 1. The molecular weight excluding hydrogens is 548 g/mol. The standard InChI is InChI=1S/C31H27ClN2O5S/c1-3-4-13-38-22-9-5-18(6-10-22)27-26(28(35)19-7-12-24-20(15-19)14-17(2)39-24)29(36)30(37)34(27)31-33-23-11-8-21(32)16-25(23)40-31/h5-12,15-17,27,35H,3-4,13-14H2,1-2H3/t17-,27+/m0/s1. The lowest BCUT2D eigenvalue weighted by molar-refractivity contribution is -0.132. The average Bonchev–Trinajstić information content (AvgIpc) is 3.60. The van der Waals surface area contributed by atoms with E-state index in [2.05, 4.69) is 11.9 Å². The minimum absolute atomic E-state index is 0.00820. The fourth-order valence-corrected chi connectivity index (χ4v) is 6.41. The third-order valence-corrected chi connectivity index (χ3v) is 8.37. The Bertz CT molecular complexity index is 1660. The molecule has 0 unspecified atom stereocenters. The molecule has 6 rings (SSSR count). The number of nitrogens with zero attached hydrogens (tertiary/aromatic N) is 2. The van der Waals surface area contributed by atoms with Crippen LogP contribution in [0.5, 0.6) is 11.5 Å². The fraction of sp³-hybridized carbons (Fsp3) is 0.258. The normalized spacial score (nSPS) is 19.7. The zero-order chi connectivity index (χ0) is 28.0. The summed E-state index contributed by atoms with van der Waals surface area (Å²) in [5.74, 6) is -0.309. The van der Waals surface area contributed by atoms with Crippen LogP contribution in [0.1, 0.15) is 49.4 Å². The molecule has 9 heteroatoms. The van der Waals surface area contributed by atoms with Crippen LogP contribution in [0.4, 0.5) is 5.13 Å². The van der Waals surface area contributed by atoms with Gasteiger partial charge in [0, 0.05) is 17.0 Å². The van der Waals surface area contributed by atoms with E-state index in [4.69, 9.17) is 21.1 Å². The van der Waals surface area contributed by atoms with E-state index in [1.54, 1.807) is 30.3 Å². The second-order valence-corrected chi connectivity index (χ2v) is 11.4. The number of halogens is 1. The summed E-state index contributed by atoms with van der Waals surface area (Å²) in [6, 6.07) is 17.0. The van der Waals surface area contributed by atoms with Gasteiger partial charge in [0.15, 0.2) is 5.13 Å². The largest absolute Gasteiger partial charge is 0.507 e. The van der Waals surface area contributed by atoms with Gasteiger partial charge in [-0.2, -0.15) is 0 Å². The molecule has 204 valence electrons. The maximum atomic E-state index is 13.6. The van der Waals surface area contributed by atoms with E-state index in [0.29, 0.717) is 45.6 Å². The lowest BCUT2D eigenvalue weighted by Gasteiger charge is -2.23. The molecule has 1 fully saturated rings. The maximum absolute atomic E-state index is 13.6. The molecule has 40 heavy (non-hydrogen) atoms. The monoisotopic (exact) mass is 574 g/mol. The Kier molecular flexibility index (Phi) is 6.98. The summed E-state index contributed by atoms with van der Waals surface area (Å²) in [6.07, 6.45) is 2.69. The number of benzene rings is 3. The van der Waals surface area contributed by atoms with Crippen LogP contribution in [0.2, 0.25) is 5.02 Å². The molecule has 7 nitrogen and oxygen atoms in total. The van der Waals surface area contributed by atoms with Crippen molar-refractivity contribution < 1.29 is 24.2 Å². The lowest BCUT2D eigenvalue weighted by atomic mass is 9.94. The van der Waals surface area contributed by atoms with Gasteiger partial charge in [0.1, 0.15) is 23.4 Å². The van der Waals surface area contributed by atoms with Crippen molar-refractivity contribution in [3.8, 4) is 11.5 Å². The Morgan fingerprint density at radius 3 is 2.73 bits per heavy atom. The van der Waals surface area contributed by atoms with Gasteiger partial charge in [-0.25, -0.2) is 4.98 Å². The minimum atomic E-state index is -0.885. The summed E-state index contributed by atoms with van der Waals surface area (Å²) >= 11 is 7.46. The topological polar surface area (TPSA) is 89.0 Å². The number of hydrogen-bond acceptors (Lipinski definition) is 7.